The summed E-state index contributed by atoms with van der Waals surface area (Å²) >= 11 is 0. The number of benzene rings is 1. The average molecular weight is 634 g/mol. The van der Waals surface area contributed by atoms with E-state index in [0.29, 0.717) is 12.8 Å². The molecule has 8 nitrogen and oxygen atoms in total. The van der Waals surface area contributed by atoms with Crippen molar-refractivity contribution in [3.63, 3.8) is 0 Å². The number of rotatable bonds is 4. The summed E-state index contributed by atoms with van der Waals surface area (Å²) < 4.78 is 5.86. The Bertz CT molecular complexity index is 1480. The number of hydrogen-bond acceptors (Lipinski definition) is 7. The second kappa shape index (κ2) is 10.6. The van der Waals surface area contributed by atoms with E-state index in [9.17, 15) is 24.8 Å². The minimum absolute atomic E-state index is 0.000874. The Balaban J connectivity index is 1.34. The maximum atomic E-state index is 14.7. The smallest absolute Gasteiger partial charge is 0.302 e. The van der Waals surface area contributed by atoms with Crippen LogP contribution in [-0.2, 0) is 19.1 Å². The lowest BCUT2D eigenvalue weighted by molar-refractivity contribution is -0.210. The van der Waals surface area contributed by atoms with Crippen molar-refractivity contribution in [3.8, 4) is 0 Å². The quantitative estimate of drug-likeness (QED) is 0.253. The summed E-state index contributed by atoms with van der Waals surface area (Å²) in [5.74, 6) is 0.0709. The first-order valence-electron chi connectivity index (χ1n) is 17.3. The second-order valence-electron chi connectivity index (χ2n) is 17.5. The lowest BCUT2D eigenvalue weighted by Crippen LogP contribution is -2.66. The first kappa shape index (κ1) is 33.2. The highest BCUT2D eigenvalue weighted by Crippen LogP contribution is 2.75. The van der Waals surface area contributed by atoms with Crippen LogP contribution in [0.5, 0.6) is 0 Å². The van der Waals surface area contributed by atoms with E-state index in [1.807, 2.05) is 13.0 Å². The van der Waals surface area contributed by atoms with Gasteiger partial charge in [-0.05, 0) is 109 Å². The molecule has 0 aliphatic heterocycles. The Hall–Kier alpha value is -2.71. The molecule has 2 N–H and O–H groups in total. The number of para-hydroxylation sites is 2. The number of hydrogen-bond donors (Lipinski definition) is 2. The van der Waals surface area contributed by atoms with Crippen molar-refractivity contribution in [2.24, 2.45) is 50.2 Å². The standard InChI is InChI=1S/C38H53N2O6/c1-23(41)46-30-14-15-36(6)29(33(30,2)3)13-16-38(8)31(36)28(42)21-24-25-22-35(5,18-17-34(25,4)19-20-37(24,38)7)32(43)39-26-11-9-10-12-27(26)40(44)45/h9-12,21,25,29-31,44H,13-20,22H2,1-8H3,(H,39,43)/q-1/t25-,29-,30+,31-,34-,35+,36+,37+,38-/m1/s1. The molecule has 0 unspecified atom stereocenters. The summed E-state index contributed by atoms with van der Waals surface area (Å²) in [6.07, 6.45) is 9.74. The zero-order chi connectivity index (χ0) is 33.7. The topological polar surface area (TPSA) is 119 Å². The number of carbonyl (C=O) groups is 3. The van der Waals surface area contributed by atoms with Crippen LogP contribution in [0.3, 0.4) is 0 Å². The first-order valence-corrected chi connectivity index (χ1v) is 17.3. The van der Waals surface area contributed by atoms with Gasteiger partial charge >= 0.3 is 5.97 Å². The molecule has 0 saturated heterocycles. The highest BCUT2D eigenvalue weighted by molar-refractivity contribution is 5.98. The summed E-state index contributed by atoms with van der Waals surface area (Å²) in [6.45, 7) is 17.4. The van der Waals surface area contributed by atoms with Crippen molar-refractivity contribution in [3.05, 3.63) is 41.1 Å². The zero-order valence-electron chi connectivity index (χ0n) is 29.0. The SMILES string of the molecule is CC(=O)O[C@H]1CC[C@@]2(C)[C@H](CC[C@]3(C)[C@@H]2C(=O)C=C2[C@H]4C[C@@](C)(C(=O)Nc5ccccc5N([O-])O)CC[C@]4(C)CC[C@@]23C)C1(C)C. The maximum Gasteiger partial charge on any atom is 0.302 e. The van der Waals surface area contributed by atoms with E-state index in [1.165, 1.54) is 18.6 Å². The van der Waals surface area contributed by atoms with E-state index in [1.54, 1.807) is 18.2 Å². The monoisotopic (exact) mass is 633 g/mol. The van der Waals surface area contributed by atoms with Gasteiger partial charge in [-0.1, -0.05) is 66.2 Å². The molecule has 6 rings (SSSR count). The number of amides is 1. The molecule has 4 fully saturated rings. The maximum absolute atomic E-state index is 14.7. The van der Waals surface area contributed by atoms with Crippen molar-refractivity contribution >= 4 is 29.0 Å². The summed E-state index contributed by atoms with van der Waals surface area (Å²) in [7, 11) is 0. The van der Waals surface area contributed by atoms with Gasteiger partial charge in [0.2, 0.25) is 5.91 Å². The molecule has 0 aromatic heterocycles. The van der Waals surface area contributed by atoms with Crippen LogP contribution < -0.4 is 10.5 Å². The first-order chi connectivity index (χ1) is 21.3. The molecule has 8 heteroatoms. The van der Waals surface area contributed by atoms with Gasteiger partial charge in [0, 0.05) is 23.7 Å². The number of carbonyl (C=O) groups excluding carboxylic acids is 3. The number of fused-ring (bicyclic) bond motifs is 7. The Kier molecular flexibility index (Phi) is 7.68. The van der Waals surface area contributed by atoms with Crippen LogP contribution in [0.25, 0.3) is 0 Å². The summed E-state index contributed by atoms with van der Waals surface area (Å²) in [6, 6.07) is 6.47. The van der Waals surface area contributed by atoms with Crippen molar-refractivity contribution in [1.29, 1.82) is 0 Å². The lowest BCUT2D eigenvalue weighted by atomic mass is 9.33. The molecule has 0 bridgehead atoms. The van der Waals surface area contributed by atoms with E-state index < -0.39 is 5.41 Å². The van der Waals surface area contributed by atoms with Gasteiger partial charge in [0.25, 0.3) is 0 Å². The average Bonchev–Trinajstić information content (AvgIpc) is 2.96. The molecule has 5 aliphatic carbocycles. The van der Waals surface area contributed by atoms with Gasteiger partial charge in [0.15, 0.2) is 5.78 Å². The third-order valence-electron chi connectivity index (χ3n) is 14.7. The van der Waals surface area contributed by atoms with Crippen LogP contribution in [-0.4, -0.2) is 29.0 Å². The minimum atomic E-state index is -0.705. The number of ether oxygens (including phenoxy) is 1. The minimum Gasteiger partial charge on any atom is -0.733 e. The third kappa shape index (κ3) is 4.63. The lowest BCUT2D eigenvalue weighted by Gasteiger charge is -2.70. The fourth-order valence-corrected chi connectivity index (χ4v) is 11.8. The molecule has 9 atom stereocenters. The van der Waals surface area contributed by atoms with E-state index in [-0.39, 0.29) is 85.2 Å². The molecule has 252 valence electrons. The Labute approximate surface area is 274 Å². The normalized spacial score (nSPS) is 42.7. The summed E-state index contributed by atoms with van der Waals surface area (Å²) in [4.78, 5) is 40.6. The van der Waals surface area contributed by atoms with Crippen LogP contribution in [0.15, 0.2) is 35.9 Å². The Morgan fingerprint density at radius 1 is 0.957 bits per heavy atom. The fraction of sp³-hybridized carbons (Fsp3) is 0.711. The number of ketones is 1. The number of esters is 1. The van der Waals surface area contributed by atoms with Gasteiger partial charge in [0.05, 0.1) is 11.4 Å². The van der Waals surface area contributed by atoms with Crippen molar-refractivity contribution in [1.82, 2.24) is 0 Å². The van der Waals surface area contributed by atoms with Gasteiger partial charge in [-0.2, -0.15) is 0 Å². The van der Waals surface area contributed by atoms with Crippen LogP contribution in [0.2, 0.25) is 0 Å². The van der Waals surface area contributed by atoms with Crippen molar-refractivity contribution in [2.75, 3.05) is 10.5 Å². The zero-order valence-corrected chi connectivity index (χ0v) is 29.0. The Morgan fingerprint density at radius 3 is 2.30 bits per heavy atom. The van der Waals surface area contributed by atoms with E-state index in [4.69, 9.17) is 4.74 Å². The van der Waals surface area contributed by atoms with Crippen LogP contribution in [0.1, 0.15) is 113 Å². The molecule has 0 heterocycles. The van der Waals surface area contributed by atoms with Gasteiger partial charge in [-0.3, -0.25) is 19.6 Å². The number of nitrogens with one attached hydrogen (secondary N) is 1. The molecule has 1 aromatic rings. The van der Waals surface area contributed by atoms with E-state index in [2.05, 4.69) is 46.9 Å². The van der Waals surface area contributed by atoms with Crippen LogP contribution in [0, 0.1) is 55.5 Å². The highest BCUT2D eigenvalue weighted by atomic mass is 16.8. The van der Waals surface area contributed by atoms with Crippen LogP contribution >= 0.6 is 0 Å². The fourth-order valence-electron chi connectivity index (χ4n) is 11.8. The molecular formula is C38H53N2O6-. The Morgan fingerprint density at radius 2 is 1.63 bits per heavy atom. The van der Waals surface area contributed by atoms with Gasteiger partial charge in [-0.15, -0.1) is 0 Å². The van der Waals surface area contributed by atoms with Crippen molar-refractivity contribution < 1.29 is 24.3 Å². The van der Waals surface area contributed by atoms with Crippen LogP contribution in [0.4, 0.5) is 11.4 Å². The number of anilines is 2. The van der Waals surface area contributed by atoms with Gasteiger partial charge in [-0.25, -0.2) is 0 Å². The number of nitrogens with zero attached hydrogens (tertiary/aromatic N) is 1. The summed E-state index contributed by atoms with van der Waals surface area (Å²) in [5, 5.41) is 24.1. The van der Waals surface area contributed by atoms with Gasteiger partial charge < -0.3 is 20.5 Å². The summed E-state index contributed by atoms with van der Waals surface area (Å²) in [5.41, 5.74) is -0.0246. The largest absolute Gasteiger partial charge is 0.733 e. The third-order valence-corrected chi connectivity index (χ3v) is 14.7. The molecule has 46 heavy (non-hydrogen) atoms. The second-order valence-corrected chi connectivity index (χ2v) is 17.5. The molecule has 5 aliphatic rings. The molecular weight excluding hydrogens is 580 g/mol. The predicted molar refractivity (Wildman–Crippen MR) is 178 cm³/mol. The van der Waals surface area contributed by atoms with Gasteiger partial charge in [0.1, 0.15) is 6.10 Å². The van der Waals surface area contributed by atoms with Crippen molar-refractivity contribution in [2.45, 2.75) is 119 Å². The predicted octanol–water partition coefficient (Wildman–Crippen LogP) is 8.23. The van der Waals surface area contributed by atoms with E-state index in [0.717, 1.165) is 44.9 Å². The highest BCUT2D eigenvalue weighted by Gasteiger charge is 2.70. The van der Waals surface area contributed by atoms with E-state index >= 15 is 0 Å². The molecule has 1 aromatic carbocycles. The molecule has 4 saturated carbocycles. The molecule has 1 amide bonds. The number of allylic oxidation sites excluding steroid dienone is 2. The molecule has 0 spiro atoms. The molecule has 0 radical (unpaired) electrons.